The van der Waals surface area contributed by atoms with Crippen molar-refractivity contribution in [3.63, 3.8) is 0 Å². The molecule has 0 unspecified atom stereocenters. The van der Waals surface area contributed by atoms with E-state index >= 15 is 0 Å². The van der Waals surface area contributed by atoms with Gasteiger partial charge in [-0.1, -0.05) is 43.3 Å². The molecule has 10 heteroatoms. The molecule has 5 aliphatic rings. The molecule has 1 aromatic rings. The fraction of sp³-hybridized carbons (Fsp3) is 0.516. The second-order valence-electron chi connectivity index (χ2n) is 11.4. The lowest BCUT2D eigenvalue weighted by atomic mass is 9.59. The van der Waals surface area contributed by atoms with E-state index in [0.29, 0.717) is 44.0 Å². The lowest BCUT2D eigenvalue weighted by Crippen LogP contribution is -2.63. The van der Waals surface area contributed by atoms with Crippen LogP contribution in [0.5, 0.6) is 0 Å². The van der Waals surface area contributed by atoms with Gasteiger partial charge in [0.15, 0.2) is 0 Å². The van der Waals surface area contributed by atoms with E-state index in [2.05, 4.69) is 5.32 Å². The molecule has 4 amide bonds. The number of imide groups is 1. The van der Waals surface area contributed by atoms with E-state index in [-0.39, 0.29) is 30.0 Å². The van der Waals surface area contributed by atoms with Crippen molar-refractivity contribution in [1.29, 1.82) is 0 Å². The zero-order valence-corrected chi connectivity index (χ0v) is 23.7. The van der Waals surface area contributed by atoms with Crippen LogP contribution in [0.15, 0.2) is 58.4 Å². The normalized spacial score (nSPS) is 29.5. The first-order valence-electron chi connectivity index (χ1n) is 14.7. The summed E-state index contributed by atoms with van der Waals surface area (Å²) in [6, 6.07) is 9.66. The molecule has 6 rings (SSSR count). The van der Waals surface area contributed by atoms with Crippen molar-refractivity contribution in [2.24, 2.45) is 28.7 Å². The second kappa shape index (κ2) is 10.5. The Bertz CT molecular complexity index is 1380. The van der Waals surface area contributed by atoms with E-state index in [1.54, 1.807) is 4.90 Å². The number of hydrogen-bond donors (Lipinski definition) is 1. The first-order valence-corrected chi connectivity index (χ1v) is 14.7. The van der Waals surface area contributed by atoms with E-state index in [9.17, 15) is 19.2 Å². The Morgan fingerprint density at radius 2 is 1.85 bits per heavy atom. The van der Waals surface area contributed by atoms with Crippen LogP contribution in [0.1, 0.15) is 52.0 Å². The predicted molar refractivity (Wildman–Crippen MR) is 149 cm³/mol. The van der Waals surface area contributed by atoms with Crippen LogP contribution < -0.4 is 5.32 Å². The summed E-state index contributed by atoms with van der Waals surface area (Å²) in [5.41, 5.74) is 1.06. The van der Waals surface area contributed by atoms with Crippen LogP contribution in [0.2, 0.25) is 0 Å². The number of benzene rings is 1. The highest BCUT2D eigenvalue weighted by molar-refractivity contribution is 6.09. The van der Waals surface area contributed by atoms with Gasteiger partial charge in [0.05, 0.1) is 11.8 Å². The van der Waals surface area contributed by atoms with Gasteiger partial charge in [-0.25, -0.2) is 14.5 Å². The number of rotatable bonds is 8. The quantitative estimate of drug-likeness (QED) is 0.477. The van der Waals surface area contributed by atoms with Crippen LogP contribution in [-0.4, -0.2) is 64.9 Å². The Morgan fingerprint density at radius 3 is 2.51 bits per heavy atom. The van der Waals surface area contributed by atoms with Gasteiger partial charge in [0, 0.05) is 37.5 Å². The molecule has 2 aliphatic carbocycles. The average molecular weight is 561 g/mol. The highest BCUT2D eigenvalue weighted by Gasteiger charge is 2.69. The van der Waals surface area contributed by atoms with E-state index in [4.69, 9.17) is 14.5 Å². The number of fused-ring (bicyclic) bond motifs is 5. The Balaban J connectivity index is 1.60. The summed E-state index contributed by atoms with van der Waals surface area (Å²) in [6.45, 7) is 7.03. The van der Waals surface area contributed by atoms with Gasteiger partial charge in [0.2, 0.25) is 23.6 Å². The van der Waals surface area contributed by atoms with Crippen LogP contribution in [0.25, 0.3) is 0 Å². The van der Waals surface area contributed by atoms with Crippen molar-refractivity contribution in [3.05, 3.63) is 59.0 Å². The highest BCUT2D eigenvalue weighted by atomic mass is 16.6. The number of nitrogens with zero attached hydrogens (tertiary/aromatic N) is 3. The number of hydrogen-bond acceptors (Lipinski definition) is 7. The number of aliphatic imine (C=N–C) groups is 1. The molecule has 1 saturated carbocycles. The Hall–Kier alpha value is -3.95. The lowest BCUT2D eigenvalue weighted by molar-refractivity contribution is -0.126. The van der Waals surface area contributed by atoms with Crippen molar-refractivity contribution >= 4 is 29.9 Å². The van der Waals surface area contributed by atoms with Crippen LogP contribution in [-0.2, 0) is 25.5 Å². The second-order valence-corrected chi connectivity index (χ2v) is 11.4. The number of amides is 4. The van der Waals surface area contributed by atoms with Gasteiger partial charge in [-0.15, -0.1) is 0 Å². The molecule has 3 aliphatic heterocycles. The lowest BCUT2D eigenvalue weighted by Gasteiger charge is -2.50. The summed E-state index contributed by atoms with van der Waals surface area (Å²) < 4.78 is 12.1. The Kier molecular flexibility index (Phi) is 6.95. The maximum Gasteiger partial charge on any atom is 0.424 e. The van der Waals surface area contributed by atoms with Gasteiger partial charge < -0.3 is 14.4 Å². The van der Waals surface area contributed by atoms with Crippen LogP contribution >= 0.6 is 0 Å². The van der Waals surface area contributed by atoms with E-state index < -0.39 is 35.5 Å². The minimum absolute atomic E-state index is 0.118. The largest absolute Gasteiger partial charge is 0.424 e. The molecule has 0 aromatic heterocycles. The summed E-state index contributed by atoms with van der Waals surface area (Å²) in [5.74, 6) is -1.83. The van der Waals surface area contributed by atoms with Crippen molar-refractivity contribution in [3.8, 4) is 0 Å². The number of cyclic esters (lactones) is 1. The summed E-state index contributed by atoms with van der Waals surface area (Å²) in [6.07, 6.45) is 3.91. The SMILES string of the molecule is CCC1=C(OC(=O)N(CC)CC)N2C(=O)OC(=NCC3CC3)[C@]2(Cc2ccccc2)[C@H]2C1=CC[C@H]1C(=O)NC(=O)[C@H]12. The topological polar surface area (TPSA) is 118 Å². The van der Waals surface area contributed by atoms with Gasteiger partial charge >= 0.3 is 12.2 Å². The Labute approximate surface area is 239 Å². The molecule has 3 fully saturated rings. The monoisotopic (exact) mass is 560 g/mol. The number of nitrogens with one attached hydrogen (secondary N) is 1. The minimum atomic E-state index is -1.30. The van der Waals surface area contributed by atoms with Crippen LogP contribution in [0.3, 0.4) is 0 Å². The molecule has 4 atom stereocenters. The van der Waals surface area contributed by atoms with Crippen LogP contribution in [0.4, 0.5) is 9.59 Å². The van der Waals surface area contributed by atoms with Crippen LogP contribution in [0, 0.1) is 23.7 Å². The smallest absolute Gasteiger partial charge is 0.393 e. The summed E-state index contributed by atoms with van der Waals surface area (Å²) in [5, 5.41) is 2.54. The van der Waals surface area contributed by atoms with Crippen molar-refractivity contribution < 1.29 is 28.7 Å². The molecule has 0 bridgehead atoms. The van der Waals surface area contributed by atoms with Crippen molar-refractivity contribution in [2.75, 3.05) is 19.6 Å². The summed E-state index contributed by atoms with van der Waals surface area (Å²) in [7, 11) is 0. The molecule has 0 radical (unpaired) electrons. The van der Waals surface area contributed by atoms with Crippen molar-refractivity contribution in [2.45, 2.75) is 58.4 Å². The third-order valence-electron chi connectivity index (χ3n) is 9.13. The number of ether oxygens (including phenoxy) is 2. The molecular weight excluding hydrogens is 524 g/mol. The predicted octanol–water partition coefficient (Wildman–Crippen LogP) is 4.18. The number of carbonyl (C=O) groups is 4. The van der Waals surface area contributed by atoms with E-state index in [0.717, 1.165) is 24.0 Å². The first kappa shape index (κ1) is 27.2. The fourth-order valence-corrected chi connectivity index (χ4v) is 6.94. The number of carbonyl (C=O) groups excluding carboxylic acids is 4. The first-order chi connectivity index (χ1) is 19.8. The molecule has 10 nitrogen and oxygen atoms in total. The molecule has 2 saturated heterocycles. The molecule has 1 N–H and O–H groups in total. The third-order valence-corrected chi connectivity index (χ3v) is 9.13. The maximum absolute atomic E-state index is 13.9. The van der Waals surface area contributed by atoms with Gasteiger partial charge in [0.1, 0.15) is 5.54 Å². The fourth-order valence-electron chi connectivity index (χ4n) is 6.94. The van der Waals surface area contributed by atoms with E-state index in [1.807, 2.05) is 57.2 Å². The average Bonchev–Trinajstić information content (AvgIpc) is 3.69. The van der Waals surface area contributed by atoms with Gasteiger partial charge in [0.25, 0.3) is 0 Å². The zero-order valence-electron chi connectivity index (χ0n) is 23.7. The van der Waals surface area contributed by atoms with Crippen molar-refractivity contribution in [1.82, 2.24) is 15.1 Å². The number of allylic oxidation sites excluding steroid dienone is 2. The minimum Gasteiger partial charge on any atom is -0.393 e. The molecule has 1 aromatic carbocycles. The van der Waals surface area contributed by atoms with Gasteiger partial charge in [-0.3, -0.25) is 19.9 Å². The zero-order chi connectivity index (χ0) is 28.9. The molecular formula is C31H36N4O6. The van der Waals surface area contributed by atoms with Gasteiger partial charge in [-0.05, 0) is 56.6 Å². The maximum atomic E-state index is 13.9. The molecule has 3 heterocycles. The van der Waals surface area contributed by atoms with E-state index in [1.165, 1.54) is 4.90 Å². The summed E-state index contributed by atoms with van der Waals surface area (Å²) >= 11 is 0. The third kappa shape index (κ3) is 4.35. The summed E-state index contributed by atoms with van der Waals surface area (Å²) in [4.78, 5) is 61.6. The molecule has 216 valence electrons. The molecule has 41 heavy (non-hydrogen) atoms. The standard InChI is InChI=1S/C31H36N4O6/c1-4-20-21-14-15-22-23(26(37)33-25(22)36)24(21)31(16-18-10-8-7-9-11-18)28(32-17-19-12-13-19)41-30(39)35(31)27(20)40-29(38)34(5-2)6-3/h7-11,14,19,22-24H,4-6,12-13,15-17H2,1-3H3,(H,33,36,37)/t22-,23-,24+,31+/m1/s1. The Morgan fingerprint density at radius 1 is 1.12 bits per heavy atom. The van der Waals surface area contributed by atoms with Gasteiger partial charge in [-0.2, -0.15) is 0 Å². The molecule has 0 spiro atoms. The highest BCUT2D eigenvalue weighted by Crippen LogP contribution is 2.57.